The average Bonchev–Trinajstić information content (AvgIpc) is 2.69. The van der Waals surface area contributed by atoms with Gasteiger partial charge in [-0.3, -0.25) is 4.79 Å². The number of nitrogen functional groups attached to an aromatic ring is 1. The summed E-state index contributed by atoms with van der Waals surface area (Å²) in [5.74, 6) is 0.966. The van der Waals surface area contributed by atoms with Crippen molar-refractivity contribution in [3.8, 4) is 5.75 Å². The molecule has 0 fully saturated rings. The Bertz CT molecular complexity index is 406. The number of rotatable bonds is 6. The minimum absolute atomic E-state index is 0.0393. The second kappa shape index (κ2) is 6.44. The first kappa shape index (κ1) is 14.6. The molecule has 0 saturated heterocycles. The molecular weight excluding hydrogens is 252 g/mol. The number of nitrogens with two attached hydrogens (primary N) is 1. The summed E-state index contributed by atoms with van der Waals surface area (Å²) in [5.41, 5.74) is 5.73. The molecule has 102 valence electrons. The Morgan fingerprint density at radius 3 is 2.67 bits per heavy atom. The van der Waals surface area contributed by atoms with E-state index in [1.807, 2.05) is 4.90 Å². The van der Waals surface area contributed by atoms with Gasteiger partial charge in [0, 0.05) is 20.6 Å². The maximum absolute atomic E-state index is 11.8. The average molecular weight is 272 g/mol. The van der Waals surface area contributed by atoms with Gasteiger partial charge in [0.1, 0.15) is 0 Å². The Balaban J connectivity index is 2.93. The van der Waals surface area contributed by atoms with Crippen LogP contribution in [0.2, 0.25) is 0 Å². The largest absolute Gasteiger partial charge is 0.490 e. The van der Waals surface area contributed by atoms with Gasteiger partial charge in [0.05, 0.1) is 13.7 Å². The smallest absolute Gasteiger partial charge is 0.241 e. The summed E-state index contributed by atoms with van der Waals surface area (Å²) in [6.07, 6.45) is 0.932. The summed E-state index contributed by atoms with van der Waals surface area (Å²) < 4.78 is 9.31. The number of ether oxygens (including phenoxy) is 1. The molecule has 18 heavy (non-hydrogen) atoms. The Kier molecular flexibility index (Phi) is 5.21. The predicted molar refractivity (Wildman–Crippen MR) is 74.3 cm³/mol. The summed E-state index contributed by atoms with van der Waals surface area (Å²) in [4.78, 5) is 15.3. The third-order valence-corrected chi connectivity index (χ3v) is 3.37. The summed E-state index contributed by atoms with van der Waals surface area (Å²) in [5, 5.41) is 0.812. The van der Waals surface area contributed by atoms with E-state index >= 15 is 0 Å². The predicted octanol–water partition coefficient (Wildman–Crippen LogP) is 1.04. The van der Waals surface area contributed by atoms with Crippen molar-refractivity contribution in [1.82, 2.24) is 9.27 Å². The van der Waals surface area contributed by atoms with E-state index in [1.54, 1.807) is 26.1 Å². The lowest BCUT2D eigenvalue weighted by Crippen LogP contribution is -2.36. The SMILES string of the molecule is CCCN(CC(=O)N(C)C)c1snc(N)c1OC. The van der Waals surface area contributed by atoms with Gasteiger partial charge in [0.2, 0.25) is 5.91 Å². The molecule has 0 spiro atoms. The highest BCUT2D eigenvalue weighted by Gasteiger charge is 2.20. The van der Waals surface area contributed by atoms with Gasteiger partial charge in [-0.05, 0) is 18.0 Å². The fraction of sp³-hybridized carbons (Fsp3) is 0.636. The van der Waals surface area contributed by atoms with Crippen LogP contribution in [-0.4, -0.2) is 49.5 Å². The first-order chi connectivity index (χ1) is 8.51. The van der Waals surface area contributed by atoms with Crippen molar-refractivity contribution < 1.29 is 9.53 Å². The summed E-state index contributed by atoms with van der Waals surface area (Å²) in [6, 6.07) is 0. The summed E-state index contributed by atoms with van der Waals surface area (Å²) in [7, 11) is 5.04. The van der Waals surface area contributed by atoms with Crippen LogP contribution in [0.15, 0.2) is 0 Å². The van der Waals surface area contributed by atoms with Gasteiger partial charge in [0.15, 0.2) is 16.6 Å². The standard InChI is InChI=1S/C11H20N4O2S/c1-5-6-15(7-8(16)14(2)3)11-9(17-4)10(12)13-18-11/h5-7H2,1-4H3,(H2,12,13). The van der Waals surface area contributed by atoms with E-state index in [4.69, 9.17) is 10.5 Å². The molecule has 0 aliphatic rings. The van der Waals surface area contributed by atoms with Gasteiger partial charge in [0.25, 0.3) is 0 Å². The molecule has 1 aromatic rings. The van der Waals surface area contributed by atoms with Crippen LogP contribution >= 0.6 is 11.5 Å². The number of likely N-dealkylation sites (N-methyl/N-ethyl adjacent to an activating group) is 1. The highest BCUT2D eigenvalue weighted by Crippen LogP contribution is 2.37. The van der Waals surface area contributed by atoms with E-state index in [-0.39, 0.29) is 5.91 Å². The van der Waals surface area contributed by atoms with E-state index < -0.39 is 0 Å². The van der Waals surface area contributed by atoms with Crippen LogP contribution in [0.3, 0.4) is 0 Å². The third-order valence-electron chi connectivity index (χ3n) is 2.47. The van der Waals surface area contributed by atoms with Crippen molar-refractivity contribution in [3.63, 3.8) is 0 Å². The number of aromatic nitrogens is 1. The van der Waals surface area contributed by atoms with E-state index in [0.717, 1.165) is 18.0 Å². The van der Waals surface area contributed by atoms with Crippen molar-refractivity contribution in [2.45, 2.75) is 13.3 Å². The number of nitrogens with zero attached hydrogens (tertiary/aromatic N) is 3. The van der Waals surface area contributed by atoms with Crippen molar-refractivity contribution in [3.05, 3.63) is 0 Å². The Hall–Kier alpha value is -1.50. The van der Waals surface area contributed by atoms with Crippen molar-refractivity contribution in [1.29, 1.82) is 0 Å². The van der Waals surface area contributed by atoms with Crippen LogP contribution in [0.5, 0.6) is 5.75 Å². The fourth-order valence-corrected chi connectivity index (χ4v) is 2.31. The lowest BCUT2D eigenvalue weighted by Gasteiger charge is -2.24. The molecule has 0 bridgehead atoms. The number of carbonyl (C=O) groups is 1. The molecule has 0 unspecified atom stereocenters. The zero-order valence-corrected chi connectivity index (χ0v) is 12.1. The Labute approximate surface area is 111 Å². The molecule has 1 rings (SSSR count). The van der Waals surface area contributed by atoms with E-state index in [0.29, 0.717) is 18.1 Å². The van der Waals surface area contributed by atoms with Crippen LogP contribution in [0.4, 0.5) is 10.8 Å². The Morgan fingerprint density at radius 2 is 2.17 bits per heavy atom. The Morgan fingerprint density at radius 1 is 1.50 bits per heavy atom. The lowest BCUT2D eigenvalue weighted by molar-refractivity contribution is -0.127. The van der Waals surface area contributed by atoms with Gasteiger partial charge in [-0.1, -0.05) is 6.92 Å². The van der Waals surface area contributed by atoms with Gasteiger partial charge >= 0.3 is 0 Å². The highest BCUT2D eigenvalue weighted by molar-refractivity contribution is 7.11. The molecule has 1 heterocycles. The molecule has 2 N–H and O–H groups in total. The van der Waals surface area contributed by atoms with Gasteiger partial charge in [-0.2, -0.15) is 4.37 Å². The molecule has 0 radical (unpaired) electrons. The molecule has 1 amide bonds. The number of methoxy groups -OCH3 is 1. The zero-order chi connectivity index (χ0) is 13.7. The normalized spacial score (nSPS) is 10.2. The molecular formula is C11H20N4O2S. The topological polar surface area (TPSA) is 71.7 Å². The van der Waals surface area contributed by atoms with Crippen molar-refractivity contribution >= 4 is 28.3 Å². The van der Waals surface area contributed by atoms with Gasteiger partial charge < -0.3 is 20.3 Å². The number of carbonyl (C=O) groups excluding carboxylic acids is 1. The van der Waals surface area contributed by atoms with Crippen LogP contribution in [-0.2, 0) is 4.79 Å². The fourth-order valence-electron chi connectivity index (χ4n) is 1.51. The molecule has 0 aromatic carbocycles. The monoisotopic (exact) mass is 272 g/mol. The second-order valence-corrected chi connectivity index (χ2v) is 4.87. The zero-order valence-electron chi connectivity index (χ0n) is 11.3. The first-order valence-corrected chi connectivity index (χ1v) is 6.52. The summed E-state index contributed by atoms with van der Waals surface area (Å²) in [6.45, 7) is 3.13. The van der Waals surface area contributed by atoms with Crippen LogP contribution in [0.1, 0.15) is 13.3 Å². The maximum Gasteiger partial charge on any atom is 0.241 e. The quantitative estimate of drug-likeness (QED) is 0.837. The molecule has 7 heteroatoms. The van der Waals surface area contributed by atoms with E-state index in [2.05, 4.69) is 11.3 Å². The lowest BCUT2D eigenvalue weighted by atomic mass is 10.3. The molecule has 0 aliphatic heterocycles. The minimum Gasteiger partial charge on any atom is -0.490 e. The number of hydrogen-bond acceptors (Lipinski definition) is 6. The number of anilines is 2. The first-order valence-electron chi connectivity index (χ1n) is 5.75. The van der Waals surface area contributed by atoms with Crippen molar-refractivity contribution in [2.75, 3.05) is 44.9 Å². The van der Waals surface area contributed by atoms with Crippen LogP contribution in [0.25, 0.3) is 0 Å². The molecule has 1 aromatic heterocycles. The molecule has 0 atom stereocenters. The minimum atomic E-state index is 0.0393. The maximum atomic E-state index is 11.8. The number of hydrogen-bond donors (Lipinski definition) is 1. The summed E-state index contributed by atoms with van der Waals surface area (Å²) >= 11 is 1.26. The van der Waals surface area contributed by atoms with E-state index in [1.165, 1.54) is 11.5 Å². The van der Waals surface area contributed by atoms with E-state index in [9.17, 15) is 4.79 Å². The van der Waals surface area contributed by atoms with Crippen LogP contribution in [0, 0.1) is 0 Å². The molecule has 0 saturated carbocycles. The second-order valence-electron chi connectivity index (χ2n) is 4.12. The van der Waals surface area contributed by atoms with Gasteiger partial charge in [-0.15, -0.1) is 0 Å². The van der Waals surface area contributed by atoms with Crippen molar-refractivity contribution in [2.24, 2.45) is 0 Å². The third kappa shape index (κ3) is 3.25. The van der Waals surface area contributed by atoms with Crippen LogP contribution < -0.4 is 15.4 Å². The molecule has 6 nitrogen and oxygen atoms in total. The molecule has 0 aliphatic carbocycles. The number of amides is 1. The highest BCUT2D eigenvalue weighted by atomic mass is 32.1. The van der Waals surface area contributed by atoms with Gasteiger partial charge in [-0.25, -0.2) is 0 Å².